The van der Waals surface area contributed by atoms with Crippen LogP contribution in [0.5, 0.6) is 0 Å². The van der Waals surface area contributed by atoms with Gasteiger partial charge in [0, 0.05) is 24.4 Å². The van der Waals surface area contributed by atoms with Crippen molar-refractivity contribution in [2.45, 2.75) is 104 Å². The van der Waals surface area contributed by atoms with E-state index < -0.39 is 18.1 Å². The Kier molecular flexibility index (Phi) is 6.35. The maximum absolute atomic E-state index is 13.4. The highest BCUT2D eigenvalue weighted by atomic mass is 19.4. The maximum Gasteiger partial charge on any atom is 0.393 e. The molecular formula is C26H41F3N2O2. The summed E-state index contributed by atoms with van der Waals surface area (Å²) in [6.07, 6.45) is 2.98. The van der Waals surface area contributed by atoms with Gasteiger partial charge in [-0.05, 0) is 79.4 Å². The SMILES string of the molecule is CC(C)C(NC(=O)[C@H]1CC[C@H]2[C@@H]3CC[C@H]4NC(=O)CC[C@]4(C)[C@H]3CC[C@]12C)C(C)C(F)(F)F. The van der Waals surface area contributed by atoms with Gasteiger partial charge in [-0.2, -0.15) is 13.2 Å². The van der Waals surface area contributed by atoms with Crippen LogP contribution >= 0.6 is 0 Å². The van der Waals surface area contributed by atoms with Gasteiger partial charge in [0.15, 0.2) is 0 Å². The van der Waals surface area contributed by atoms with Gasteiger partial charge in [-0.25, -0.2) is 0 Å². The van der Waals surface area contributed by atoms with E-state index in [1.54, 1.807) is 13.8 Å². The first-order chi connectivity index (χ1) is 15.3. The molecule has 1 aliphatic heterocycles. The minimum Gasteiger partial charge on any atom is -0.353 e. The smallest absolute Gasteiger partial charge is 0.353 e. The number of hydrogen-bond acceptors (Lipinski definition) is 2. The summed E-state index contributed by atoms with van der Waals surface area (Å²) in [6, 6.07) is -0.655. The number of carbonyl (C=O) groups is 2. The molecule has 3 saturated carbocycles. The number of piperidine rings is 1. The number of carbonyl (C=O) groups excluding carboxylic acids is 2. The zero-order chi connectivity index (χ0) is 24.3. The number of rotatable bonds is 4. The minimum atomic E-state index is -4.33. The van der Waals surface area contributed by atoms with Gasteiger partial charge in [-0.3, -0.25) is 9.59 Å². The summed E-state index contributed by atoms with van der Waals surface area (Å²) in [7, 11) is 0. The standard InChI is InChI=1S/C26H41F3N2O2/c1-14(2)22(15(3)26(27,28)29)31-23(33)19-8-7-17-16-6-9-20-25(5,13-11-21(32)30-20)18(16)10-12-24(17,19)4/h14-20,22H,6-13H2,1-5H3,(H,30,32)(H,31,33)/t15?,16-,17-,18-,19+,20+,22?,24-,25+/m0/s1. The fraction of sp³-hybridized carbons (Fsp3) is 0.923. The molecule has 0 radical (unpaired) electrons. The van der Waals surface area contributed by atoms with Crippen LogP contribution in [0.15, 0.2) is 0 Å². The second kappa shape index (κ2) is 8.44. The maximum atomic E-state index is 13.4. The van der Waals surface area contributed by atoms with Gasteiger partial charge < -0.3 is 10.6 Å². The van der Waals surface area contributed by atoms with Crippen LogP contribution in [0.4, 0.5) is 13.2 Å². The van der Waals surface area contributed by atoms with E-state index in [9.17, 15) is 22.8 Å². The monoisotopic (exact) mass is 470 g/mol. The number of amides is 2. The lowest BCUT2D eigenvalue weighted by molar-refractivity contribution is -0.181. The van der Waals surface area contributed by atoms with Gasteiger partial charge in [0.1, 0.15) is 0 Å². The Morgan fingerprint density at radius 2 is 1.67 bits per heavy atom. The quantitative estimate of drug-likeness (QED) is 0.573. The molecule has 4 rings (SSSR count). The van der Waals surface area contributed by atoms with Crippen molar-refractivity contribution in [3.8, 4) is 0 Å². The number of nitrogens with one attached hydrogen (secondary N) is 2. The van der Waals surface area contributed by atoms with Crippen molar-refractivity contribution in [1.29, 1.82) is 0 Å². The first-order valence-electron chi connectivity index (χ1n) is 13.0. The van der Waals surface area contributed by atoms with Gasteiger partial charge in [0.2, 0.25) is 11.8 Å². The lowest BCUT2D eigenvalue weighted by Gasteiger charge is -2.60. The Balaban J connectivity index is 1.51. The third-order valence-corrected chi connectivity index (χ3v) is 10.5. The van der Waals surface area contributed by atoms with Crippen molar-refractivity contribution >= 4 is 11.8 Å². The fourth-order valence-corrected chi connectivity index (χ4v) is 8.47. The zero-order valence-electron chi connectivity index (χ0n) is 20.7. The van der Waals surface area contributed by atoms with E-state index in [1.807, 2.05) is 0 Å². The molecular weight excluding hydrogens is 429 g/mol. The number of fused-ring (bicyclic) bond motifs is 5. The van der Waals surface area contributed by atoms with Gasteiger partial charge in [-0.1, -0.05) is 34.6 Å². The van der Waals surface area contributed by atoms with Crippen LogP contribution in [0.3, 0.4) is 0 Å². The molecule has 0 aromatic rings. The Bertz CT molecular complexity index is 784. The Morgan fingerprint density at radius 3 is 2.30 bits per heavy atom. The second-order valence-electron chi connectivity index (χ2n) is 12.4. The molecule has 3 aliphatic carbocycles. The van der Waals surface area contributed by atoms with Crippen LogP contribution in [-0.4, -0.2) is 30.1 Å². The highest BCUT2D eigenvalue weighted by molar-refractivity contribution is 5.80. The summed E-state index contributed by atoms with van der Waals surface area (Å²) in [5.74, 6) is -0.582. The van der Waals surface area contributed by atoms with Crippen LogP contribution in [0.25, 0.3) is 0 Å². The molecule has 4 fully saturated rings. The molecule has 0 aromatic heterocycles. The summed E-state index contributed by atoms with van der Waals surface area (Å²) in [4.78, 5) is 25.4. The van der Waals surface area contributed by atoms with Crippen molar-refractivity contribution in [2.24, 2.45) is 46.3 Å². The Hall–Kier alpha value is -1.27. The molecule has 4 aliphatic rings. The molecule has 1 saturated heterocycles. The topological polar surface area (TPSA) is 58.2 Å². The van der Waals surface area contributed by atoms with Crippen molar-refractivity contribution in [3.63, 3.8) is 0 Å². The molecule has 2 amide bonds. The van der Waals surface area contributed by atoms with Crippen LogP contribution in [0, 0.1) is 46.3 Å². The van der Waals surface area contributed by atoms with E-state index in [0.717, 1.165) is 44.9 Å². The van der Waals surface area contributed by atoms with Gasteiger partial charge >= 0.3 is 6.18 Å². The number of hydrogen-bond donors (Lipinski definition) is 2. The summed E-state index contributed by atoms with van der Waals surface area (Å²) in [6.45, 7) is 9.25. The molecule has 33 heavy (non-hydrogen) atoms. The largest absolute Gasteiger partial charge is 0.393 e. The van der Waals surface area contributed by atoms with Crippen molar-refractivity contribution in [3.05, 3.63) is 0 Å². The predicted molar refractivity (Wildman–Crippen MR) is 121 cm³/mol. The third kappa shape index (κ3) is 4.09. The molecule has 2 unspecified atom stereocenters. The average molecular weight is 471 g/mol. The molecule has 188 valence electrons. The molecule has 4 nitrogen and oxygen atoms in total. The van der Waals surface area contributed by atoms with Crippen LogP contribution in [0.1, 0.15) is 86.0 Å². The number of halogens is 3. The fourth-order valence-electron chi connectivity index (χ4n) is 8.47. The highest BCUT2D eigenvalue weighted by Gasteiger charge is 2.61. The Morgan fingerprint density at radius 1 is 1.00 bits per heavy atom. The summed E-state index contributed by atoms with van der Waals surface area (Å²) in [5.41, 5.74) is -0.0429. The van der Waals surface area contributed by atoms with E-state index in [1.165, 1.54) is 6.92 Å². The van der Waals surface area contributed by atoms with Gasteiger partial charge in [0.25, 0.3) is 0 Å². The molecule has 0 bridgehead atoms. The van der Waals surface area contributed by atoms with E-state index in [4.69, 9.17) is 0 Å². The molecule has 1 heterocycles. The second-order valence-corrected chi connectivity index (χ2v) is 12.4. The lowest BCUT2D eigenvalue weighted by atomic mass is 9.47. The van der Waals surface area contributed by atoms with Crippen molar-refractivity contribution in [1.82, 2.24) is 10.6 Å². The van der Waals surface area contributed by atoms with E-state index in [0.29, 0.717) is 24.2 Å². The van der Waals surface area contributed by atoms with Gasteiger partial charge in [0.05, 0.1) is 5.92 Å². The lowest BCUT2D eigenvalue weighted by Crippen LogP contribution is -2.61. The average Bonchev–Trinajstić information content (AvgIpc) is 3.08. The van der Waals surface area contributed by atoms with E-state index in [2.05, 4.69) is 24.5 Å². The predicted octanol–water partition coefficient (Wildman–Crippen LogP) is 5.46. The summed E-state index contributed by atoms with van der Waals surface area (Å²) in [5, 5.41) is 6.09. The Labute approximate surface area is 196 Å². The van der Waals surface area contributed by atoms with Gasteiger partial charge in [-0.15, -0.1) is 0 Å². The van der Waals surface area contributed by atoms with Crippen LogP contribution in [0.2, 0.25) is 0 Å². The summed E-state index contributed by atoms with van der Waals surface area (Å²) >= 11 is 0. The zero-order valence-corrected chi connectivity index (χ0v) is 20.7. The molecule has 7 heteroatoms. The minimum absolute atomic E-state index is 0.114. The first kappa shape index (κ1) is 24.8. The molecule has 0 aromatic carbocycles. The third-order valence-electron chi connectivity index (χ3n) is 10.5. The van der Waals surface area contributed by atoms with Crippen molar-refractivity contribution in [2.75, 3.05) is 0 Å². The van der Waals surface area contributed by atoms with Crippen molar-refractivity contribution < 1.29 is 22.8 Å². The van der Waals surface area contributed by atoms with Crippen LogP contribution in [-0.2, 0) is 9.59 Å². The molecule has 2 N–H and O–H groups in total. The normalized spacial score (nSPS) is 42.6. The highest BCUT2D eigenvalue weighted by Crippen LogP contribution is 2.65. The van der Waals surface area contributed by atoms with E-state index >= 15 is 0 Å². The number of alkyl halides is 3. The van der Waals surface area contributed by atoms with E-state index in [-0.39, 0.29) is 40.5 Å². The molecule has 0 spiro atoms. The summed E-state index contributed by atoms with van der Waals surface area (Å²) < 4.78 is 40.3. The van der Waals surface area contributed by atoms with Crippen LogP contribution < -0.4 is 10.6 Å². The first-order valence-corrected chi connectivity index (χ1v) is 13.0. The molecule has 9 atom stereocenters.